The fourth-order valence-electron chi connectivity index (χ4n) is 2.21. The van der Waals surface area contributed by atoms with Gasteiger partial charge in [-0.25, -0.2) is 0 Å². The third-order valence-corrected chi connectivity index (χ3v) is 3.20. The van der Waals surface area contributed by atoms with E-state index in [0.717, 1.165) is 24.2 Å². The average Bonchev–Trinajstić information content (AvgIpc) is 2.84. The smallest absolute Gasteiger partial charge is 0.292 e. The van der Waals surface area contributed by atoms with Gasteiger partial charge in [0, 0.05) is 24.5 Å². The number of nitro benzene ring substituents is 1. The van der Waals surface area contributed by atoms with Crippen LogP contribution >= 0.6 is 0 Å². The van der Waals surface area contributed by atoms with Gasteiger partial charge in [-0.3, -0.25) is 10.1 Å². The van der Waals surface area contributed by atoms with E-state index in [4.69, 9.17) is 0 Å². The van der Waals surface area contributed by atoms with Gasteiger partial charge in [0.15, 0.2) is 0 Å². The Morgan fingerprint density at radius 2 is 2.15 bits per heavy atom. The van der Waals surface area contributed by atoms with Gasteiger partial charge in [-0.15, -0.1) is 0 Å². The van der Waals surface area contributed by atoms with E-state index >= 15 is 0 Å². The lowest BCUT2D eigenvalue weighted by atomic mass is 10.2. The predicted octanol–water partition coefficient (Wildman–Crippen LogP) is 3.73. The Morgan fingerprint density at radius 3 is 2.85 bits per heavy atom. The van der Waals surface area contributed by atoms with Crippen LogP contribution in [0.1, 0.15) is 24.6 Å². The standard InChI is InChI=1S/C15H19N3O2/c1-3-8-17-9-4-5-13(17)11-16-14-10-12(2)6-7-15(14)18(19)20/h4-7,9-10,16H,3,8,11H2,1-2H3. The molecule has 106 valence electrons. The minimum atomic E-state index is -0.354. The van der Waals surface area contributed by atoms with Crippen molar-refractivity contribution in [1.82, 2.24) is 4.57 Å². The van der Waals surface area contributed by atoms with Gasteiger partial charge in [0.2, 0.25) is 0 Å². The minimum absolute atomic E-state index is 0.115. The monoisotopic (exact) mass is 273 g/mol. The largest absolute Gasteiger partial charge is 0.374 e. The first-order valence-corrected chi connectivity index (χ1v) is 6.74. The minimum Gasteiger partial charge on any atom is -0.374 e. The predicted molar refractivity (Wildman–Crippen MR) is 79.9 cm³/mol. The van der Waals surface area contributed by atoms with Crippen molar-refractivity contribution in [3.05, 3.63) is 57.9 Å². The number of nitrogens with one attached hydrogen (secondary N) is 1. The molecule has 20 heavy (non-hydrogen) atoms. The summed E-state index contributed by atoms with van der Waals surface area (Å²) in [4.78, 5) is 10.7. The summed E-state index contributed by atoms with van der Waals surface area (Å²) in [5.74, 6) is 0. The number of aromatic nitrogens is 1. The van der Waals surface area contributed by atoms with Crippen molar-refractivity contribution in [3.8, 4) is 0 Å². The van der Waals surface area contributed by atoms with Gasteiger partial charge in [-0.1, -0.05) is 13.0 Å². The highest BCUT2D eigenvalue weighted by Crippen LogP contribution is 2.25. The summed E-state index contributed by atoms with van der Waals surface area (Å²) >= 11 is 0. The van der Waals surface area contributed by atoms with Crippen LogP contribution in [0.2, 0.25) is 0 Å². The maximum absolute atomic E-state index is 11.0. The van der Waals surface area contributed by atoms with Crippen molar-refractivity contribution >= 4 is 11.4 Å². The molecule has 0 amide bonds. The van der Waals surface area contributed by atoms with Gasteiger partial charge >= 0.3 is 0 Å². The third kappa shape index (κ3) is 3.17. The molecule has 0 aliphatic rings. The van der Waals surface area contributed by atoms with Crippen LogP contribution in [0, 0.1) is 17.0 Å². The topological polar surface area (TPSA) is 60.1 Å². The molecule has 1 aromatic carbocycles. The summed E-state index contributed by atoms with van der Waals surface area (Å²) in [6, 6.07) is 9.14. The molecule has 0 atom stereocenters. The summed E-state index contributed by atoms with van der Waals surface area (Å²) < 4.78 is 2.16. The van der Waals surface area contributed by atoms with E-state index in [9.17, 15) is 10.1 Å². The highest BCUT2D eigenvalue weighted by Gasteiger charge is 2.13. The first-order valence-electron chi connectivity index (χ1n) is 6.74. The van der Waals surface area contributed by atoms with E-state index in [1.165, 1.54) is 0 Å². The van der Waals surface area contributed by atoms with Crippen LogP contribution in [0.4, 0.5) is 11.4 Å². The molecular weight excluding hydrogens is 254 g/mol. The molecule has 0 saturated carbocycles. The fourth-order valence-corrected chi connectivity index (χ4v) is 2.21. The number of benzene rings is 1. The number of nitrogens with zero attached hydrogens (tertiary/aromatic N) is 2. The van der Waals surface area contributed by atoms with Gasteiger partial charge in [-0.05, 0) is 37.1 Å². The van der Waals surface area contributed by atoms with Crippen molar-refractivity contribution in [3.63, 3.8) is 0 Å². The Morgan fingerprint density at radius 1 is 1.35 bits per heavy atom. The molecule has 2 rings (SSSR count). The van der Waals surface area contributed by atoms with E-state index < -0.39 is 0 Å². The Balaban J connectivity index is 2.16. The van der Waals surface area contributed by atoms with Gasteiger partial charge in [-0.2, -0.15) is 0 Å². The zero-order chi connectivity index (χ0) is 14.5. The van der Waals surface area contributed by atoms with Crippen molar-refractivity contribution in [2.45, 2.75) is 33.4 Å². The first kappa shape index (κ1) is 14.1. The van der Waals surface area contributed by atoms with Gasteiger partial charge in [0.1, 0.15) is 5.69 Å². The number of nitro groups is 1. The van der Waals surface area contributed by atoms with Gasteiger partial charge in [0.05, 0.1) is 11.5 Å². The maximum Gasteiger partial charge on any atom is 0.292 e. The van der Waals surface area contributed by atoms with Crippen molar-refractivity contribution in [2.75, 3.05) is 5.32 Å². The van der Waals surface area contributed by atoms with Crippen LogP contribution in [-0.2, 0) is 13.1 Å². The van der Waals surface area contributed by atoms with Crippen molar-refractivity contribution < 1.29 is 4.92 Å². The second-order valence-corrected chi connectivity index (χ2v) is 4.82. The molecular formula is C15H19N3O2. The number of hydrogen-bond donors (Lipinski definition) is 1. The van der Waals surface area contributed by atoms with Crippen LogP contribution in [0.3, 0.4) is 0 Å². The number of aryl methyl sites for hydroxylation is 2. The van der Waals surface area contributed by atoms with Crippen LogP contribution in [0.15, 0.2) is 36.5 Å². The highest BCUT2D eigenvalue weighted by atomic mass is 16.6. The Bertz CT molecular complexity index is 605. The molecule has 0 spiro atoms. The van der Waals surface area contributed by atoms with E-state index in [-0.39, 0.29) is 10.6 Å². The molecule has 2 aromatic rings. The molecule has 0 bridgehead atoms. The summed E-state index contributed by atoms with van der Waals surface area (Å²) in [5.41, 5.74) is 2.81. The van der Waals surface area contributed by atoms with Gasteiger partial charge < -0.3 is 9.88 Å². The van der Waals surface area contributed by atoms with Crippen LogP contribution in [-0.4, -0.2) is 9.49 Å². The third-order valence-electron chi connectivity index (χ3n) is 3.20. The molecule has 0 radical (unpaired) electrons. The van der Waals surface area contributed by atoms with Crippen LogP contribution in [0.25, 0.3) is 0 Å². The molecule has 0 unspecified atom stereocenters. The molecule has 1 N–H and O–H groups in total. The summed E-state index contributed by atoms with van der Waals surface area (Å²) in [6.45, 7) is 5.59. The zero-order valence-corrected chi connectivity index (χ0v) is 11.8. The van der Waals surface area contributed by atoms with Crippen molar-refractivity contribution in [1.29, 1.82) is 0 Å². The number of rotatable bonds is 6. The normalized spacial score (nSPS) is 10.5. The van der Waals surface area contributed by atoms with Crippen LogP contribution in [0.5, 0.6) is 0 Å². The van der Waals surface area contributed by atoms with E-state index in [0.29, 0.717) is 12.2 Å². The molecule has 1 aromatic heterocycles. The second kappa shape index (κ2) is 6.23. The average molecular weight is 273 g/mol. The molecule has 0 aliphatic carbocycles. The molecule has 5 nitrogen and oxygen atoms in total. The highest BCUT2D eigenvalue weighted by molar-refractivity contribution is 5.62. The first-order chi connectivity index (χ1) is 9.61. The Hall–Kier alpha value is -2.30. The molecule has 0 saturated heterocycles. The molecule has 0 aliphatic heterocycles. The Kier molecular flexibility index (Phi) is 4.40. The molecule has 1 heterocycles. The molecule has 0 fully saturated rings. The number of hydrogen-bond acceptors (Lipinski definition) is 3. The van der Waals surface area contributed by atoms with E-state index in [2.05, 4.69) is 16.8 Å². The Labute approximate surface area is 118 Å². The summed E-state index contributed by atoms with van der Waals surface area (Å²) in [6.07, 6.45) is 3.09. The zero-order valence-electron chi connectivity index (χ0n) is 11.8. The van der Waals surface area contributed by atoms with E-state index in [1.807, 2.05) is 31.3 Å². The molecule has 5 heteroatoms. The van der Waals surface area contributed by atoms with E-state index in [1.54, 1.807) is 12.1 Å². The number of anilines is 1. The lowest BCUT2D eigenvalue weighted by Gasteiger charge is -2.11. The maximum atomic E-state index is 11.0. The lowest BCUT2D eigenvalue weighted by molar-refractivity contribution is -0.384. The summed E-state index contributed by atoms with van der Waals surface area (Å²) in [7, 11) is 0. The quantitative estimate of drug-likeness (QED) is 0.644. The fraction of sp³-hybridized carbons (Fsp3) is 0.333. The van der Waals surface area contributed by atoms with Gasteiger partial charge in [0.25, 0.3) is 5.69 Å². The SMILES string of the molecule is CCCn1cccc1CNc1cc(C)ccc1[N+](=O)[O-]. The second-order valence-electron chi connectivity index (χ2n) is 4.82. The summed E-state index contributed by atoms with van der Waals surface area (Å²) in [5, 5.41) is 14.2. The van der Waals surface area contributed by atoms with Crippen molar-refractivity contribution in [2.24, 2.45) is 0 Å². The van der Waals surface area contributed by atoms with Crippen LogP contribution < -0.4 is 5.32 Å². The lowest BCUT2D eigenvalue weighted by Crippen LogP contribution is -2.08.